The minimum Gasteiger partial charge on any atom is -0.494 e. The van der Waals surface area contributed by atoms with Crippen LogP contribution in [0.15, 0.2) is 41.5 Å². The van der Waals surface area contributed by atoms with Crippen LogP contribution < -0.4 is 15.6 Å². The number of rotatable bonds is 7. The maximum atomic E-state index is 12.9. The number of aryl methyl sites for hydroxylation is 3. The molecule has 0 saturated carbocycles. The van der Waals surface area contributed by atoms with Crippen LogP contribution in [0.25, 0.3) is 5.52 Å². The minimum atomic E-state index is -0.0985. The highest BCUT2D eigenvalue weighted by Crippen LogP contribution is 2.22. The number of para-hydroxylation sites is 1. The lowest BCUT2D eigenvalue weighted by Crippen LogP contribution is -2.28. The van der Waals surface area contributed by atoms with Crippen molar-refractivity contribution in [2.75, 3.05) is 6.61 Å². The van der Waals surface area contributed by atoms with Crippen molar-refractivity contribution in [1.29, 1.82) is 0 Å². The van der Waals surface area contributed by atoms with Gasteiger partial charge in [-0.15, -0.1) is 0 Å². The molecule has 0 fully saturated rings. The third-order valence-electron chi connectivity index (χ3n) is 5.36. The second-order valence-electron chi connectivity index (χ2n) is 7.29. The van der Waals surface area contributed by atoms with Crippen molar-refractivity contribution in [1.82, 2.24) is 19.5 Å². The molecule has 152 valence electrons. The minimum absolute atomic E-state index is 0.0716. The zero-order valence-corrected chi connectivity index (χ0v) is 16.7. The number of hydrogen-bond acceptors (Lipinski definition) is 4. The van der Waals surface area contributed by atoms with E-state index in [9.17, 15) is 9.59 Å². The number of ether oxygens (including phenoxy) is 1. The monoisotopic (exact) mass is 394 g/mol. The molecule has 0 atom stereocenters. The Balaban J connectivity index is 1.41. The summed E-state index contributed by atoms with van der Waals surface area (Å²) in [6, 6.07) is 7.66. The first-order chi connectivity index (χ1) is 14.2. The number of carbonyl (C=O) groups excluding carboxylic acids is 1. The van der Waals surface area contributed by atoms with Gasteiger partial charge in [-0.05, 0) is 38.7 Å². The van der Waals surface area contributed by atoms with E-state index >= 15 is 0 Å². The number of aromatic nitrogens is 3. The van der Waals surface area contributed by atoms with Gasteiger partial charge in [-0.1, -0.05) is 18.2 Å². The molecule has 1 amide bonds. The summed E-state index contributed by atoms with van der Waals surface area (Å²) >= 11 is 0. The van der Waals surface area contributed by atoms with Gasteiger partial charge in [0.2, 0.25) is 5.91 Å². The Morgan fingerprint density at radius 3 is 2.90 bits per heavy atom. The van der Waals surface area contributed by atoms with Gasteiger partial charge in [0, 0.05) is 43.0 Å². The highest BCUT2D eigenvalue weighted by molar-refractivity contribution is 5.75. The van der Waals surface area contributed by atoms with Crippen molar-refractivity contribution in [3.05, 3.63) is 63.8 Å². The van der Waals surface area contributed by atoms with E-state index in [-0.39, 0.29) is 17.9 Å². The average molecular weight is 394 g/mol. The zero-order chi connectivity index (χ0) is 20.2. The molecule has 0 aliphatic heterocycles. The van der Waals surface area contributed by atoms with Gasteiger partial charge in [0.1, 0.15) is 11.3 Å². The Labute approximate surface area is 169 Å². The van der Waals surface area contributed by atoms with E-state index in [4.69, 9.17) is 4.74 Å². The van der Waals surface area contributed by atoms with Gasteiger partial charge in [-0.3, -0.25) is 9.59 Å². The SMILES string of the molecule is CCOc1ccccc1CNC(=O)CCn1ccn2nc3c(c2c1=O)CCCC3. The van der Waals surface area contributed by atoms with E-state index in [1.54, 1.807) is 15.3 Å². The van der Waals surface area contributed by atoms with Gasteiger partial charge >= 0.3 is 0 Å². The first-order valence-electron chi connectivity index (χ1n) is 10.2. The lowest BCUT2D eigenvalue weighted by atomic mass is 9.97. The van der Waals surface area contributed by atoms with Crippen LogP contribution in [-0.2, 0) is 30.7 Å². The molecule has 7 nitrogen and oxygen atoms in total. The number of fused-ring (bicyclic) bond motifs is 3. The van der Waals surface area contributed by atoms with Crippen molar-refractivity contribution < 1.29 is 9.53 Å². The normalized spacial score (nSPS) is 13.3. The van der Waals surface area contributed by atoms with E-state index in [2.05, 4.69) is 10.4 Å². The van der Waals surface area contributed by atoms with Crippen molar-refractivity contribution in [3.8, 4) is 5.75 Å². The summed E-state index contributed by atoms with van der Waals surface area (Å²) in [7, 11) is 0. The van der Waals surface area contributed by atoms with Gasteiger partial charge < -0.3 is 14.6 Å². The molecule has 7 heteroatoms. The van der Waals surface area contributed by atoms with Crippen molar-refractivity contribution in [2.45, 2.75) is 52.1 Å². The van der Waals surface area contributed by atoms with Crippen LogP contribution in [0, 0.1) is 0 Å². The van der Waals surface area contributed by atoms with E-state index in [1.165, 1.54) is 0 Å². The van der Waals surface area contributed by atoms with Crippen molar-refractivity contribution in [2.24, 2.45) is 0 Å². The molecule has 0 spiro atoms. The molecule has 1 aromatic carbocycles. The molecule has 29 heavy (non-hydrogen) atoms. The predicted octanol–water partition coefficient (Wildman–Crippen LogP) is 2.48. The molecule has 2 heterocycles. The molecule has 0 bridgehead atoms. The Kier molecular flexibility index (Phi) is 5.64. The Bertz CT molecular complexity index is 1080. The van der Waals surface area contributed by atoms with E-state index in [0.29, 0.717) is 25.2 Å². The summed E-state index contributed by atoms with van der Waals surface area (Å²) < 4.78 is 8.89. The third-order valence-corrected chi connectivity index (χ3v) is 5.36. The summed E-state index contributed by atoms with van der Waals surface area (Å²) in [5, 5.41) is 7.47. The molecule has 0 unspecified atom stereocenters. The maximum Gasteiger partial charge on any atom is 0.276 e. The number of carbonyl (C=O) groups is 1. The summed E-state index contributed by atoms with van der Waals surface area (Å²) in [5.74, 6) is 0.682. The molecule has 1 N–H and O–H groups in total. The van der Waals surface area contributed by atoms with Gasteiger partial charge in [0.15, 0.2) is 0 Å². The lowest BCUT2D eigenvalue weighted by Gasteiger charge is -2.11. The van der Waals surface area contributed by atoms with Gasteiger partial charge in [0.25, 0.3) is 5.56 Å². The molecule has 0 saturated heterocycles. The molecular weight excluding hydrogens is 368 g/mol. The molecular formula is C22H26N4O3. The van der Waals surface area contributed by atoms with Crippen LogP contribution >= 0.6 is 0 Å². The standard InChI is InChI=1S/C22H26N4O3/c1-2-29-19-10-6-3-7-16(19)15-23-20(27)11-12-25-13-14-26-21(22(25)28)17-8-4-5-9-18(17)24-26/h3,6-7,10,13-14H,2,4-5,8-9,11-12,15H2,1H3,(H,23,27). The van der Waals surface area contributed by atoms with Crippen LogP contribution in [0.1, 0.15) is 43.0 Å². The zero-order valence-electron chi connectivity index (χ0n) is 16.7. The predicted molar refractivity (Wildman–Crippen MR) is 110 cm³/mol. The van der Waals surface area contributed by atoms with Crippen molar-refractivity contribution >= 4 is 11.4 Å². The van der Waals surface area contributed by atoms with Gasteiger partial charge in [-0.2, -0.15) is 5.10 Å². The number of hydrogen-bond donors (Lipinski definition) is 1. The number of amides is 1. The Morgan fingerprint density at radius 1 is 1.21 bits per heavy atom. The van der Waals surface area contributed by atoms with Gasteiger partial charge in [0.05, 0.1) is 12.3 Å². The van der Waals surface area contributed by atoms with Crippen LogP contribution in [0.4, 0.5) is 0 Å². The quantitative estimate of drug-likeness (QED) is 0.668. The van der Waals surface area contributed by atoms with E-state index < -0.39 is 0 Å². The fourth-order valence-corrected chi connectivity index (χ4v) is 3.88. The number of nitrogens with one attached hydrogen (secondary N) is 1. The Morgan fingerprint density at radius 2 is 2.03 bits per heavy atom. The molecule has 3 aromatic rings. The van der Waals surface area contributed by atoms with Gasteiger partial charge in [-0.25, -0.2) is 4.52 Å². The van der Waals surface area contributed by atoms with E-state index in [1.807, 2.05) is 37.4 Å². The summed E-state index contributed by atoms with van der Waals surface area (Å²) in [6.07, 6.45) is 7.81. The third kappa shape index (κ3) is 4.04. The largest absolute Gasteiger partial charge is 0.494 e. The topological polar surface area (TPSA) is 77.6 Å². The summed E-state index contributed by atoms with van der Waals surface area (Å²) in [6.45, 7) is 3.25. The lowest BCUT2D eigenvalue weighted by molar-refractivity contribution is -0.121. The molecule has 2 aromatic heterocycles. The molecule has 1 aliphatic rings. The molecule has 0 radical (unpaired) electrons. The van der Waals surface area contributed by atoms with E-state index in [0.717, 1.165) is 48.3 Å². The highest BCUT2D eigenvalue weighted by Gasteiger charge is 2.19. The van der Waals surface area contributed by atoms with Crippen LogP contribution in [0.2, 0.25) is 0 Å². The average Bonchev–Trinajstić information content (AvgIpc) is 3.12. The Hall–Kier alpha value is -3.09. The fourth-order valence-electron chi connectivity index (χ4n) is 3.88. The maximum absolute atomic E-state index is 12.9. The van der Waals surface area contributed by atoms with Crippen molar-refractivity contribution in [3.63, 3.8) is 0 Å². The first-order valence-corrected chi connectivity index (χ1v) is 10.2. The van der Waals surface area contributed by atoms with Crippen LogP contribution in [-0.4, -0.2) is 26.7 Å². The second kappa shape index (κ2) is 8.51. The molecule has 4 rings (SSSR count). The van der Waals surface area contributed by atoms with Crippen LogP contribution in [0.3, 0.4) is 0 Å². The second-order valence-corrected chi connectivity index (χ2v) is 7.29. The summed E-state index contributed by atoms with van der Waals surface area (Å²) in [5.41, 5.74) is 3.64. The summed E-state index contributed by atoms with van der Waals surface area (Å²) in [4.78, 5) is 25.3. The number of nitrogens with zero attached hydrogens (tertiary/aromatic N) is 3. The fraction of sp³-hybridized carbons (Fsp3) is 0.409. The highest BCUT2D eigenvalue weighted by atomic mass is 16.5. The first kappa shape index (κ1) is 19.2. The smallest absolute Gasteiger partial charge is 0.276 e. The van der Waals surface area contributed by atoms with Crippen LogP contribution in [0.5, 0.6) is 5.75 Å². The number of benzene rings is 1. The molecule has 1 aliphatic carbocycles.